The first-order valence-electron chi connectivity index (χ1n) is 5.22. The first-order valence-corrected chi connectivity index (χ1v) is 5.98. The van der Waals surface area contributed by atoms with E-state index in [1.165, 1.54) is 6.39 Å². The number of nitrogens with zero attached hydrogens (tertiary/aromatic N) is 1. The molecule has 2 rings (SSSR count). The topological polar surface area (TPSA) is 38.1 Å². The summed E-state index contributed by atoms with van der Waals surface area (Å²) in [6.45, 7) is 2.68. The van der Waals surface area contributed by atoms with Crippen LogP contribution in [0.25, 0.3) is 0 Å². The number of nitrogens with one attached hydrogen (secondary N) is 1. The fourth-order valence-electron chi connectivity index (χ4n) is 1.48. The number of benzene rings is 1. The first-order chi connectivity index (χ1) is 8.16. The molecule has 0 amide bonds. The van der Waals surface area contributed by atoms with E-state index in [-0.39, 0.29) is 6.04 Å². The Labute approximate surface area is 110 Å². The second-order valence-corrected chi connectivity index (χ2v) is 4.56. The average Bonchev–Trinajstić information content (AvgIpc) is 2.82. The van der Waals surface area contributed by atoms with Crippen molar-refractivity contribution in [2.45, 2.75) is 19.5 Å². The number of aromatic nitrogens is 1. The summed E-state index contributed by atoms with van der Waals surface area (Å²) in [7, 11) is 0. The molecule has 2 aromatic rings. The molecule has 0 aliphatic rings. The molecule has 1 N–H and O–H groups in total. The van der Waals surface area contributed by atoms with E-state index in [4.69, 9.17) is 27.6 Å². The van der Waals surface area contributed by atoms with Crippen molar-refractivity contribution in [1.29, 1.82) is 0 Å². The highest BCUT2D eigenvalue weighted by molar-refractivity contribution is 6.42. The van der Waals surface area contributed by atoms with Crippen molar-refractivity contribution in [2.75, 3.05) is 0 Å². The Bertz CT molecular complexity index is 485. The van der Waals surface area contributed by atoms with Crippen LogP contribution in [-0.2, 0) is 6.54 Å². The number of oxazole rings is 1. The maximum atomic E-state index is 5.97. The van der Waals surface area contributed by atoms with Gasteiger partial charge in [-0.3, -0.25) is 0 Å². The van der Waals surface area contributed by atoms with Crippen LogP contribution < -0.4 is 5.32 Å². The average molecular weight is 271 g/mol. The Balaban J connectivity index is 1.99. The van der Waals surface area contributed by atoms with Gasteiger partial charge in [0.05, 0.1) is 22.8 Å². The summed E-state index contributed by atoms with van der Waals surface area (Å²) in [6, 6.07) is 5.77. The van der Waals surface area contributed by atoms with Crippen LogP contribution in [0.4, 0.5) is 0 Å². The van der Waals surface area contributed by atoms with Gasteiger partial charge in [-0.2, -0.15) is 0 Å². The van der Waals surface area contributed by atoms with Crippen LogP contribution in [-0.4, -0.2) is 4.98 Å². The highest BCUT2D eigenvalue weighted by atomic mass is 35.5. The largest absolute Gasteiger partial charge is 0.447 e. The molecule has 1 aromatic heterocycles. The molecule has 5 heteroatoms. The molecule has 0 bridgehead atoms. The van der Waals surface area contributed by atoms with Gasteiger partial charge in [-0.05, 0) is 24.6 Å². The van der Waals surface area contributed by atoms with Gasteiger partial charge in [-0.15, -0.1) is 0 Å². The predicted molar refractivity (Wildman–Crippen MR) is 68.2 cm³/mol. The van der Waals surface area contributed by atoms with E-state index in [1.54, 1.807) is 12.3 Å². The first kappa shape index (κ1) is 12.4. The molecular weight excluding hydrogens is 259 g/mol. The van der Waals surface area contributed by atoms with Crippen molar-refractivity contribution in [3.05, 3.63) is 52.2 Å². The van der Waals surface area contributed by atoms with Gasteiger partial charge in [-0.1, -0.05) is 29.3 Å². The van der Waals surface area contributed by atoms with Crippen molar-refractivity contribution < 1.29 is 4.42 Å². The van der Waals surface area contributed by atoms with Crippen molar-refractivity contribution in [2.24, 2.45) is 0 Å². The molecule has 17 heavy (non-hydrogen) atoms. The maximum Gasteiger partial charge on any atom is 0.180 e. The summed E-state index contributed by atoms with van der Waals surface area (Å²) in [5, 5.41) is 4.45. The lowest BCUT2D eigenvalue weighted by Gasteiger charge is -2.13. The van der Waals surface area contributed by atoms with Crippen molar-refractivity contribution in [1.82, 2.24) is 10.3 Å². The third-order valence-electron chi connectivity index (χ3n) is 2.51. The second-order valence-electron chi connectivity index (χ2n) is 3.74. The van der Waals surface area contributed by atoms with Gasteiger partial charge in [0.2, 0.25) is 0 Å². The highest BCUT2D eigenvalue weighted by Gasteiger charge is 2.08. The lowest BCUT2D eigenvalue weighted by molar-refractivity contribution is 0.458. The zero-order valence-electron chi connectivity index (χ0n) is 9.28. The molecule has 1 atom stereocenters. The lowest BCUT2D eigenvalue weighted by atomic mass is 10.1. The number of rotatable bonds is 4. The van der Waals surface area contributed by atoms with Crippen LogP contribution in [0.5, 0.6) is 0 Å². The zero-order chi connectivity index (χ0) is 12.3. The van der Waals surface area contributed by atoms with Crippen LogP contribution in [0.2, 0.25) is 10.0 Å². The molecule has 3 nitrogen and oxygen atoms in total. The predicted octanol–water partition coefficient (Wildman–Crippen LogP) is 3.83. The van der Waals surface area contributed by atoms with Gasteiger partial charge < -0.3 is 9.73 Å². The highest BCUT2D eigenvalue weighted by Crippen LogP contribution is 2.25. The van der Waals surface area contributed by atoms with Crippen molar-refractivity contribution >= 4 is 23.2 Å². The van der Waals surface area contributed by atoms with Crippen LogP contribution in [0.1, 0.15) is 24.3 Å². The van der Waals surface area contributed by atoms with Crippen LogP contribution in [0.15, 0.2) is 35.2 Å². The number of hydrogen-bond acceptors (Lipinski definition) is 3. The van der Waals surface area contributed by atoms with Gasteiger partial charge in [0, 0.05) is 6.04 Å². The lowest BCUT2D eigenvalue weighted by Crippen LogP contribution is -2.17. The van der Waals surface area contributed by atoms with E-state index in [0.29, 0.717) is 16.6 Å². The molecule has 0 aliphatic heterocycles. The standard InChI is InChI=1S/C12H12Cl2N2O/c1-8(16-6-10-5-15-7-17-10)9-2-3-11(13)12(14)4-9/h2-5,7-8,16H,6H2,1H3. The summed E-state index contributed by atoms with van der Waals surface area (Å²) >= 11 is 11.8. The Kier molecular flexibility index (Phi) is 4.05. The van der Waals surface area contributed by atoms with E-state index in [0.717, 1.165) is 11.3 Å². The van der Waals surface area contributed by atoms with Crippen molar-refractivity contribution in [3.8, 4) is 0 Å². The SMILES string of the molecule is CC(NCc1cnco1)c1ccc(Cl)c(Cl)c1. The maximum absolute atomic E-state index is 5.97. The Hall–Kier alpha value is -1.03. The summed E-state index contributed by atoms with van der Waals surface area (Å²) < 4.78 is 5.14. The van der Waals surface area contributed by atoms with Gasteiger partial charge in [-0.25, -0.2) is 4.98 Å². The van der Waals surface area contributed by atoms with E-state index >= 15 is 0 Å². The monoisotopic (exact) mass is 270 g/mol. The van der Waals surface area contributed by atoms with E-state index in [9.17, 15) is 0 Å². The third kappa shape index (κ3) is 3.22. The molecule has 1 heterocycles. The van der Waals surface area contributed by atoms with Gasteiger partial charge in [0.25, 0.3) is 0 Å². The van der Waals surface area contributed by atoms with E-state index < -0.39 is 0 Å². The second kappa shape index (κ2) is 5.54. The summed E-state index contributed by atoms with van der Waals surface area (Å²) in [6.07, 6.45) is 3.11. The quantitative estimate of drug-likeness (QED) is 0.918. The Morgan fingerprint density at radius 2 is 2.18 bits per heavy atom. The van der Waals surface area contributed by atoms with E-state index in [1.807, 2.05) is 12.1 Å². The minimum atomic E-state index is 0.162. The summed E-state index contributed by atoms with van der Waals surface area (Å²) in [4.78, 5) is 3.85. The Morgan fingerprint density at radius 1 is 1.35 bits per heavy atom. The molecule has 0 fully saturated rings. The van der Waals surface area contributed by atoms with Gasteiger partial charge in [0.1, 0.15) is 5.76 Å². The van der Waals surface area contributed by atoms with Gasteiger partial charge in [0.15, 0.2) is 6.39 Å². The number of halogens is 2. The van der Waals surface area contributed by atoms with Gasteiger partial charge >= 0.3 is 0 Å². The number of hydrogen-bond donors (Lipinski definition) is 1. The van der Waals surface area contributed by atoms with Crippen LogP contribution in [0.3, 0.4) is 0 Å². The summed E-state index contributed by atoms with van der Waals surface area (Å²) in [5.74, 6) is 0.803. The molecule has 90 valence electrons. The van der Waals surface area contributed by atoms with Crippen LogP contribution in [0, 0.1) is 0 Å². The third-order valence-corrected chi connectivity index (χ3v) is 3.25. The molecule has 1 aromatic carbocycles. The van der Waals surface area contributed by atoms with E-state index in [2.05, 4.69) is 17.2 Å². The molecule has 0 spiro atoms. The Morgan fingerprint density at radius 3 is 2.82 bits per heavy atom. The molecule has 0 radical (unpaired) electrons. The minimum Gasteiger partial charge on any atom is -0.447 e. The summed E-state index contributed by atoms with van der Waals surface area (Å²) in [5.41, 5.74) is 1.08. The zero-order valence-corrected chi connectivity index (χ0v) is 10.8. The fraction of sp³-hybridized carbons (Fsp3) is 0.250. The normalized spacial score (nSPS) is 12.6. The molecule has 0 saturated heterocycles. The molecule has 0 aliphatic carbocycles. The fourth-order valence-corrected chi connectivity index (χ4v) is 1.79. The molecule has 1 unspecified atom stereocenters. The minimum absolute atomic E-state index is 0.162. The molecular formula is C12H12Cl2N2O. The molecule has 0 saturated carbocycles. The smallest absolute Gasteiger partial charge is 0.180 e. The van der Waals surface area contributed by atoms with Crippen LogP contribution >= 0.6 is 23.2 Å². The van der Waals surface area contributed by atoms with Crippen molar-refractivity contribution in [3.63, 3.8) is 0 Å².